The molecule has 1 fully saturated rings. The second kappa shape index (κ2) is 8.97. The Kier molecular flexibility index (Phi) is 7.81. The van der Waals surface area contributed by atoms with Crippen LogP contribution in [-0.2, 0) is 4.74 Å². The quantitative estimate of drug-likeness (QED) is 0.642. The van der Waals surface area contributed by atoms with Crippen LogP contribution in [-0.4, -0.2) is 50.3 Å². The SMILES string of the molecule is CCCOCCNCC(C)N1CCCCC1. The van der Waals surface area contributed by atoms with E-state index < -0.39 is 0 Å². The molecule has 16 heavy (non-hydrogen) atoms. The van der Waals surface area contributed by atoms with Gasteiger partial charge in [-0.2, -0.15) is 0 Å². The lowest BCUT2D eigenvalue weighted by Crippen LogP contribution is -2.43. The first-order chi connectivity index (χ1) is 7.84. The third kappa shape index (κ3) is 5.83. The molecule has 96 valence electrons. The van der Waals surface area contributed by atoms with E-state index in [0.29, 0.717) is 6.04 Å². The number of ether oxygens (including phenoxy) is 1. The molecule has 1 unspecified atom stereocenters. The van der Waals surface area contributed by atoms with Gasteiger partial charge >= 0.3 is 0 Å². The Bertz CT molecular complexity index is 158. The number of hydrogen-bond acceptors (Lipinski definition) is 3. The molecule has 0 aromatic heterocycles. The van der Waals surface area contributed by atoms with Crippen molar-refractivity contribution in [2.45, 2.75) is 45.6 Å². The van der Waals surface area contributed by atoms with Crippen LogP contribution < -0.4 is 5.32 Å². The number of rotatable bonds is 8. The van der Waals surface area contributed by atoms with Crippen molar-refractivity contribution >= 4 is 0 Å². The fraction of sp³-hybridized carbons (Fsp3) is 1.00. The zero-order chi connectivity index (χ0) is 11.6. The van der Waals surface area contributed by atoms with Gasteiger partial charge in [0.25, 0.3) is 0 Å². The summed E-state index contributed by atoms with van der Waals surface area (Å²) in [5.41, 5.74) is 0. The molecule has 1 atom stereocenters. The first-order valence-corrected chi connectivity index (χ1v) is 6.87. The first kappa shape index (κ1) is 13.9. The largest absolute Gasteiger partial charge is 0.380 e. The molecule has 1 aliphatic rings. The Morgan fingerprint density at radius 1 is 1.19 bits per heavy atom. The molecule has 0 radical (unpaired) electrons. The molecule has 0 saturated carbocycles. The zero-order valence-electron chi connectivity index (χ0n) is 11.0. The number of likely N-dealkylation sites (tertiary alicyclic amines) is 1. The minimum absolute atomic E-state index is 0.673. The van der Waals surface area contributed by atoms with Crippen LogP contribution in [0.4, 0.5) is 0 Å². The van der Waals surface area contributed by atoms with Crippen LogP contribution in [0.5, 0.6) is 0 Å². The Hall–Kier alpha value is -0.120. The minimum atomic E-state index is 0.673. The van der Waals surface area contributed by atoms with E-state index in [1.54, 1.807) is 0 Å². The van der Waals surface area contributed by atoms with Gasteiger partial charge in [0.1, 0.15) is 0 Å². The molecule has 0 aromatic rings. The van der Waals surface area contributed by atoms with Crippen LogP contribution in [0.3, 0.4) is 0 Å². The lowest BCUT2D eigenvalue weighted by molar-refractivity contribution is 0.130. The van der Waals surface area contributed by atoms with Crippen molar-refractivity contribution in [3.8, 4) is 0 Å². The summed E-state index contributed by atoms with van der Waals surface area (Å²) in [6, 6.07) is 0.673. The number of hydrogen-bond donors (Lipinski definition) is 1. The van der Waals surface area contributed by atoms with Crippen molar-refractivity contribution in [1.82, 2.24) is 10.2 Å². The lowest BCUT2D eigenvalue weighted by Gasteiger charge is -2.32. The van der Waals surface area contributed by atoms with Crippen LogP contribution in [0.2, 0.25) is 0 Å². The van der Waals surface area contributed by atoms with Gasteiger partial charge in [-0.3, -0.25) is 4.90 Å². The molecule has 3 heteroatoms. The fourth-order valence-corrected chi connectivity index (χ4v) is 2.19. The second-order valence-electron chi connectivity index (χ2n) is 4.76. The molecule has 0 aliphatic carbocycles. The summed E-state index contributed by atoms with van der Waals surface area (Å²) in [7, 11) is 0. The molecule has 1 rings (SSSR count). The predicted molar refractivity (Wildman–Crippen MR) is 68.9 cm³/mol. The Balaban J connectivity index is 1.94. The van der Waals surface area contributed by atoms with Crippen LogP contribution >= 0.6 is 0 Å². The van der Waals surface area contributed by atoms with Gasteiger partial charge in [0, 0.05) is 25.7 Å². The fourth-order valence-electron chi connectivity index (χ4n) is 2.19. The highest BCUT2D eigenvalue weighted by Gasteiger charge is 2.15. The van der Waals surface area contributed by atoms with Crippen LogP contribution in [0.1, 0.15) is 39.5 Å². The van der Waals surface area contributed by atoms with E-state index in [2.05, 4.69) is 24.1 Å². The van der Waals surface area contributed by atoms with Crippen LogP contribution in [0.25, 0.3) is 0 Å². The molecule has 1 saturated heterocycles. The Morgan fingerprint density at radius 2 is 1.94 bits per heavy atom. The first-order valence-electron chi connectivity index (χ1n) is 6.87. The van der Waals surface area contributed by atoms with Crippen molar-refractivity contribution in [2.75, 3.05) is 39.4 Å². The summed E-state index contributed by atoms with van der Waals surface area (Å²) in [6.07, 6.45) is 5.29. The van der Waals surface area contributed by atoms with Gasteiger partial charge in [0.05, 0.1) is 6.61 Å². The Morgan fingerprint density at radius 3 is 2.62 bits per heavy atom. The molecule has 0 spiro atoms. The maximum absolute atomic E-state index is 5.43. The van der Waals surface area contributed by atoms with E-state index in [1.807, 2.05) is 0 Å². The van der Waals surface area contributed by atoms with Gasteiger partial charge in [-0.1, -0.05) is 13.3 Å². The number of nitrogens with zero attached hydrogens (tertiary/aromatic N) is 1. The summed E-state index contributed by atoms with van der Waals surface area (Å²) in [5.74, 6) is 0. The standard InChI is InChI=1S/C13H28N2O/c1-3-10-16-11-7-14-12-13(2)15-8-5-4-6-9-15/h13-14H,3-12H2,1-2H3. The monoisotopic (exact) mass is 228 g/mol. The van der Waals surface area contributed by atoms with Crippen molar-refractivity contribution in [1.29, 1.82) is 0 Å². The summed E-state index contributed by atoms with van der Waals surface area (Å²) in [5, 5.41) is 3.47. The minimum Gasteiger partial charge on any atom is -0.380 e. The molecule has 0 amide bonds. The van der Waals surface area contributed by atoms with E-state index in [-0.39, 0.29) is 0 Å². The Labute approximate surface area is 101 Å². The second-order valence-corrected chi connectivity index (χ2v) is 4.76. The van der Waals surface area contributed by atoms with E-state index in [4.69, 9.17) is 4.74 Å². The highest BCUT2D eigenvalue weighted by atomic mass is 16.5. The highest BCUT2D eigenvalue weighted by molar-refractivity contribution is 4.72. The van der Waals surface area contributed by atoms with Gasteiger partial charge in [-0.25, -0.2) is 0 Å². The summed E-state index contributed by atoms with van der Waals surface area (Å²) >= 11 is 0. The van der Waals surface area contributed by atoms with Crippen LogP contribution in [0, 0.1) is 0 Å². The molecule has 0 bridgehead atoms. The van der Waals surface area contributed by atoms with Crippen molar-refractivity contribution < 1.29 is 4.74 Å². The molecular weight excluding hydrogens is 200 g/mol. The molecular formula is C13H28N2O. The highest BCUT2D eigenvalue weighted by Crippen LogP contribution is 2.11. The average molecular weight is 228 g/mol. The van der Waals surface area contributed by atoms with Gasteiger partial charge in [-0.15, -0.1) is 0 Å². The molecule has 1 aliphatic heterocycles. The maximum atomic E-state index is 5.43. The normalized spacial score (nSPS) is 19.9. The predicted octanol–water partition coefficient (Wildman–Crippen LogP) is 1.88. The maximum Gasteiger partial charge on any atom is 0.0590 e. The van der Waals surface area contributed by atoms with Gasteiger partial charge in [-0.05, 0) is 39.3 Å². The van der Waals surface area contributed by atoms with Crippen molar-refractivity contribution in [2.24, 2.45) is 0 Å². The molecule has 0 aromatic carbocycles. The van der Waals surface area contributed by atoms with E-state index in [0.717, 1.165) is 32.7 Å². The summed E-state index contributed by atoms with van der Waals surface area (Å²) in [4.78, 5) is 2.60. The molecule has 1 heterocycles. The van der Waals surface area contributed by atoms with Crippen molar-refractivity contribution in [3.05, 3.63) is 0 Å². The summed E-state index contributed by atoms with van der Waals surface area (Å²) < 4.78 is 5.43. The number of piperidine rings is 1. The topological polar surface area (TPSA) is 24.5 Å². The van der Waals surface area contributed by atoms with Crippen LogP contribution in [0.15, 0.2) is 0 Å². The average Bonchev–Trinajstić information content (AvgIpc) is 2.34. The lowest BCUT2D eigenvalue weighted by atomic mass is 10.1. The smallest absolute Gasteiger partial charge is 0.0590 e. The molecule has 1 N–H and O–H groups in total. The van der Waals surface area contributed by atoms with E-state index in [9.17, 15) is 0 Å². The van der Waals surface area contributed by atoms with Gasteiger partial charge < -0.3 is 10.1 Å². The number of nitrogens with one attached hydrogen (secondary N) is 1. The van der Waals surface area contributed by atoms with E-state index in [1.165, 1.54) is 32.4 Å². The third-order valence-corrected chi connectivity index (χ3v) is 3.23. The third-order valence-electron chi connectivity index (χ3n) is 3.23. The van der Waals surface area contributed by atoms with E-state index >= 15 is 0 Å². The van der Waals surface area contributed by atoms with Gasteiger partial charge in [0.2, 0.25) is 0 Å². The summed E-state index contributed by atoms with van der Waals surface area (Å²) in [6.45, 7) is 10.9. The molecule has 3 nitrogen and oxygen atoms in total. The van der Waals surface area contributed by atoms with Gasteiger partial charge in [0.15, 0.2) is 0 Å². The zero-order valence-corrected chi connectivity index (χ0v) is 11.0. The van der Waals surface area contributed by atoms with Crippen molar-refractivity contribution in [3.63, 3.8) is 0 Å².